The van der Waals surface area contributed by atoms with E-state index in [1.54, 1.807) is 0 Å². The average Bonchev–Trinajstić information content (AvgIpc) is 3.02. The average molecular weight is 395 g/mol. The third-order valence-electron chi connectivity index (χ3n) is 5.98. The third-order valence-corrected chi connectivity index (χ3v) is 5.98. The number of nitrogens with one attached hydrogen (secondary N) is 1. The SMILES string of the molecule is CCCCCCCCCCCCN(CCCCCCCC)C1CC(=O)NC1=O. The van der Waals surface area contributed by atoms with Crippen LogP contribution in [0.3, 0.4) is 0 Å². The summed E-state index contributed by atoms with van der Waals surface area (Å²) >= 11 is 0. The first-order valence-electron chi connectivity index (χ1n) is 12.3. The van der Waals surface area contributed by atoms with Gasteiger partial charge in [0, 0.05) is 0 Å². The summed E-state index contributed by atoms with van der Waals surface area (Å²) in [6, 6.07) is -0.221. The van der Waals surface area contributed by atoms with Gasteiger partial charge in [-0.15, -0.1) is 0 Å². The number of hydrogen-bond acceptors (Lipinski definition) is 3. The van der Waals surface area contributed by atoms with Crippen molar-refractivity contribution in [1.29, 1.82) is 0 Å². The van der Waals surface area contributed by atoms with E-state index >= 15 is 0 Å². The van der Waals surface area contributed by atoms with Crippen LogP contribution in [0, 0.1) is 0 Å². The number of amides is 2. The molecule has 164 valence electrons. The van der Waals surface area contributed by atoms with Gasteiger partial charge in [-0.2, -0.15) is 0 Å². The molecule has 0 aliphatic carbocycles. The number of rotatable bonds is 19. The molecule has 2 amide bonds. The molecule has 1 fully saturated rings. The molecule has 0 saturated carbocycles. The second-order valence-electron chi connectivity index (χ2n) is 8.62. The summed E-state index contributed by atoms with van der Waals surface area (Å²) in [5.41, 5.74) is 0. The summed E-state index contributed by atoms with van der Waals surface area (Å²) in [7, 11) is 0. The van der Waals surface area contributed by atoms with E-state index in [0.29, 0.717) is 6.42 Å². The van der Waals surface area contributed by atoms with Crippen LogP contribution in [-0.2, 0) is 9.59 Å². The first-order valence-corrected chi connectivity index (χ1v) is 12.3. The minimum absolute atomic E-state index is 0.0805. The minimum atomic E-state index is -0.221. The molecule has 1 aliphatic rings. The molecular weight excluding hydrogens is 348 g/mol. The maximum atomic E-state index is 12.1. The molecule has 1 N–H and O–H groups in total. The highest BCUT2D eigenvalue weighted by atomic mass is 16.2. The monoisotopic (exact) mass is 394 g/mol. The maximum Gasteiger partial charge on any atom is 0.244 e. The molecule has 0 radical (unpaired) electrons. The molecule has 4 nitrogen and oxygen atoms in total. The predicted molar refractivity (Wildman–Crippen MR) is 118 cm³/mol. The Labute approximate surface area is 174 Å². The van der Waals surface area contributed by atoms with Crippen molar-refractivity contribution in [2.75, 3.05) is 13.1 Å². The molecule has 1 saturated heterocycles. The lowest BCUT2D eigenvalue weighted by Gasteiger charge is -2.26. The lowest BCUT2D eigenvalue weighted by atomic mass is 10.1. The normalized spacial score (nSPS) is 16.9. The topological polar surface area (TPSA) is 49.4 Å². The van der Waals surface area contributed by atoms with Gasteiger partial charge in [0.25, 0.3) is 0 Å². The van der Waals surface area contributed by atoms with Crippen LogP contribution in [0.25, 0.3) is 0 Å². The molecule has 4 heteroatoms. The number of hydrogen-bond donors (Lipinski definition) is 1. The molecule has 1 aliphatic heterocycles. The van der Waals surface area contributed by atoms with E-state index in [-0.39, 0.29) is 17.9 Å². The molecule has 1 atom stereocenters. The largest absolute Gasteiger partial charge is 0.295 e. The smallest absolute Gasteiger partial charge is 0.244 e. The Morgan fingerprint density at radius 3 is 1.43 bits per heavy atom. The summed E-state index contributed by atoms with van der Waals surface area (Å²) in [5, 5.41) is 2.49. The third kappa shape index (κ3) is 11.8. The minimum Gasteiger partial charge on any atom is -0.295 e. The van der Waals surface area contributed by atoms with Gasteiger partial charge >= 0.3 is 0 Å². The molecule has 0 aromatic carbocycles. The predicted octanol–water partition coefficient (Wildman–Crippen LogP) is 5.98. The van der Waals surface area contributed by atoms with Crippen LogP contribution in [0.1, 0.15) is 123 Å². The zero-order valence-electron chi connectivity index (χ0n) is 18.8. The Morgan fingerprint density at radius 2 is 1.07 bits per heavy atom. The summed E-state index contributed by atoms with van der Waals surface area (Å²) in [4.78, 5) is 26.0. The zero-order valence-corrected chi connectivity index (χ0v) is 18.8. The highest BCUT2D eigenvalue weighted by molar-refractivity contribution is 6.05. The molecule has 28 heavy (non-hydrogen) atoms. The van der Waals surface area contributed by atoms with Crippen LogP contribution in [-0.4, -0.2) is 35.8 Å². The van der Waals surface area contributed by atoms with Gasteiger partial charge in [0.05, 0.1) is 12.5 Å². The lowest BCUT2D eigenvalue weighted by Crippen LogP contribution is -2.41. The van der Waals surface area contributed by atoms with Crippen molar-refractivity contribution in [1.82, 2.24) is 10.2 Å². The first-order chi connectivity index (χ1) is 13.7. The van der Waals surface area contributed by atoms with Gasteiger partial charge in [0.2, 0.25) is 11.8 Å². The highest BCUT2D eigenvalue weighted by Gasteiger charge is 2.34. The Hall–Kier alpha value is -0.900. The van der Waals surface area contributed by atoms with Crippen molar-refractivity contribution in [2.24, 2.45) is 0 Å². The van der Waals surface area contributed by atoms with E-state index in [1.807, 2.05) is 0 Å². The van der Waals surface area contributed by atoms with Crippen molar-refractivity contribution in [2.45, 2.75) is 129 Å². The molecule has 0 aromatic rings. The van der Waals surface area contributed by atoms with Crippen LogP contribution < -0.4 is 5.32 Å². The molecular formula is C24H46N2O2. The number of carbonyl (C=O) groups is 2. The van der Waals surface area contributed by atoms with E-state index in [9.17, 15) is 9.59 Å². The maximum absolute atomic E-state index is 12.1. The van der Waals surface area contributed by atoms with Gasteiger partial charge in [0.15, 0.2) is 0 Å². The molecule has 1 unspecified atom stereocenters. The van der Waals surface area contributed by atoms with Gasteiger partial charge in [-0.3, -0.25) is 19.8 Å². The number of imide groups is 1. The fourth-order valence-corrected chi connectivity index (χ4v) is 4.16. The van der Waals surface area contributed by atoms with Crippen molar-refractivity contribution in [3.8, 4) is 0 Å². The summed E-state index contributed by atoms with van der Waals surface area (Å²) < 4.78 is 0. The number of carbonyl (C=O) groups excluding carboxylic acids is 2. The second-order valence-corrected chi connectivity index (χ2v) is 8.62. The van der Waals surface area contributed by atoms with Gasteiger partial charge in [-0.25, -0.2) is 0 Å². The fourth-order valence-electron chi connectivity index (χ4n) is 4.16. The van der Waals surface area contributed by atoms with E-state index in [4.69, 9.17) is 0 Å². The van der Waals surface area contributed by atoms with Crippen LogP contribution in [0.2, 0.25) is 0 Å². The quantitative estimate of drug-likeness (QED) is 0.216. The number of unbranched alkanes of at least 4 members (excludes halogenated alkanes) is 14. The fraction of sp³-hybridized carbons (Fsp3) is 0.917. The summed E-state index contributed by atoms with van der Waals surface area (Å²) in [6.45, 7) is 6.41. The van der Waals surface area contributed by atoms with E-state index in [1.165, 1.54) is 89.9 Å². The van der Waals surface area contributed by atoms with Crippen molar-refractivity contribution < 1.29 is 9.59 Å². The Balaban J connectivity index is 2.18. The first kappa shape index (κ1) is 25.1. The molecule has 1 heterocycles. The molecule has 1 rings (SSSR count). The van der Waals surface area contributed by atoms with Crippen LogP contribution in [0.4, 0.5) is 0 Å². The van der Waals surface area contributed by atoms with Crippen LogP contribution in [0.5, 0.6) is 0 Å². The van der Waals surface area contributed by atoms with E-state index < -0.39 is 0 Å². The highest BCUT2D eigenvalue weighted by Crippen LogP contribution is 2.16. The van der Waals surface area contributed by atoms with Crippen LogP contribution >= 0.6 is 0 Å². The van der Waals surface area contributed by atoms with Gasteiger partial charge < -0.3 is 0 Å². The van der Waals surface area contributed by atoms with E-state index in [0.717, 1.165) is 25.9 Å². The van der Waals surface area contributed by atoms with Crippen molar-refractivity contribution in [3.05, 3.63) is 0 Å². The Kier molecular flexibility index (Phi) is 15.3. The van der Waals surface area contributed by atoms with Crippen LogP contribution in [0.15, 0.2) is 0 Å². The Morgan fingerprint density at radius 1 is 0.679 bits per heavy atom. The van der Waals surface area contributed by atoms with Crippen molar-refractivity contribution in [3.63, 3.8) is 0 Å². The molecule has 0 spiro atoms. The van der Waals surface area contributed by atoms with Crippen molar-refractivity contribution >= 4 is 11.8 Å². The zero-order chi connectivity index (χ0) is 20.5. The second kappa shape index (κ2) is 17.0. The van der Waals surface area contributed by atoms with Gasteiger partial charge in [-0.1, -0.05) is 104 Å². The Bertz CT molecular complexity index is 411. The lowest BCUT2D eigenvalue weighted by molar-refractivity contribution is -0.126. The summed E-state index contributed by atoms with van der Waals surface area (Å²) in [6.07, 6.45) is 21.2. The van der Waals surface area contributed by atoms with Gasteiger partial charge in [-0.05, 0) is 25.9 Å². The molecule has 0 bridgehead atoms. The van der Waals surface area contributed by atoms with E-state index in [2.05, 4.69) is 24.1 Å². The number of nitrogens with zero attached hydrogens (tertiary/aromatic N) is 1. The molecule has 0 aromatic heterocycles. The standard InChI is InChI=1S/C24H46N2O2/c1-3-5-7-9-11-12-13-14-16-18-20-26(19-17-15-10-8-6-4-2)22-21-23(27)25-24(22)28/h22H,3-21H2,1-2H3,(H,25,27,28). The summed E-state index contributed by atoms with van der Waals surface area (Å²) in [5.74, 6) is -0.186. The van der Waals surface area contributed by atoms with Gasteiger partial charge in [0.1, 0.15) is 0 Å².